The monoisotopic (exact) mass is 312 g/mol. The average molecular weight is 312 g/mol. The summed E-state index contributed by atoms with van der Waals surface area (Å²) in [6.07, 6.45) is 2.96. The molecule has 23 heavy (non-hydrogen) atoms. The van der Waals surface area contributed by atoms with Gasteiger partial charge in [0.1, 0.15) is 17.9 Å². The zero-order chi connectivity index (χ0) is 16.6. The minimum absolute atomic E-state index is 0.121. The normalized spacial score (nSPS) is 11.1. The van der Waals surface area contributed by atoms with Crippen LogP contribution < -0.4 is 10.5 Å². The van der Waals surface area contributed by atoms with Crippen molar-refractivity contribution in [1.82, 2.24) is 14.5 Å². The summed E-state index contributed by atoms with van der Waals surface area (Å²) in [5, 5.41) is 10.0. The smallest absolute Gasteiger partial charge is 0.337 e. The lowest BCUT2D eigenvalue weighted by Crippen LogP contribution is -1.99. The van der Waals surface area contributed by atoms with Gasteiger partial charge in [-0.3, -0.25) is 0 Å². The third kappa shape index (κ3) is 2.80. The maximum absolute atomic E-state index is 11.4. The Labute approximate surface area is 132 Å². The first-order chi connectivity index (χ1) is 11.0. The number of carbonyl (C=O) groups is 1. The third-order valence-electron chi connectivity index (χ3n) is 3.48. The lowest BCUT2D eigenvalue weighted by Gasteiger charge is -2.10. The third-order valence-corrected chi connectivity index (χ3v) is 3.48. The molecule has 0 radical (unpaired) electrons. The largest absolute Gasteiger partial charge is 0.478 e. The number of nitrogens with two attached hydrogens (primary N) is 1. The summed E-state index contributed by atoms with van der Waals surface area (Å²) >= 11 is 0. The van der Waals surface area contributed by atoms with E-state index in [1.807, 2.05) is 18.4 Å². The first kappa shape index (κ1) is 14.8. The fourth-order valence-corrected chi connectivity index (χ4v) is 2.42. The fraction of sp³-hybridized carbons (Fsp3) is 0.188. The lowest BCUT2D eigenvalue weighted by atomic mass is 10.1. The molecule has 0 fully saturated rings. The second-order valence-corrected chi connectivity index (χ2v) is 5.41. The van der Waals surface area contributed by atoms with Crippen molar-refractivity contribution in [1.29, 1.82) is 0 Å². The summed E-state index contributed by atoms with van der Waals surface area (Å²) in [5.41, 5.74) is 6.66. The Morgan fingerprint density at radius 2 is 2.09 bits per heavy atom. The highest BCUT2D eigenvalue weighted by Crippen LogP contribution is 2.30. The molecule has 3 aromatic rings. The quantitative estimate of drug-likeness (QED) is 0.767. The zero-order valence-electron chi connectivity index (χ0n) is 12.7. The summed E-state index contributed by atoms with van der Waals surface area (Å²) < 4.78 is 7.58. The van der Waals surface area contributed by atoms with E-state index in [9.17, 15) is 9.90 Å². The minimum atomic E-state index is -0.952. The van der Waals surface area contributed by atoms with E-state index in [-0.39, 0.29) is 11.6 Å². The highest BCUT2D eigenvalue weighted by molar-refractivity contribution is 6.03. The Balaban J connectivity index is 2.07. The van der Waals surface area contributed by atoms with Crippen molar-refractivity contribution in [3.63, 3.8) is 0 Å². The molecule has 0 atom stereocenters. The Bertz CT molecular complexity index is 886. The number of carboxylic acid groups (broad SMARTS) is 1. The summed E-state index contributed by atoms with van der Waals surface area (Å²) in [4.78, 5) is 19.2. The van der Waals surface area contributed by atoms with Crippen LogP contribution in [-0.2, 0) is 0 Å². The Kier molecular flexibility index (Phi) is 3.61. The Hall–Kier alpha value is -3.09. The van der Waals surface area contributed by atoms with Gasteiger partial charge in [0.05, 0.1) is 11.1 Å². The van der Waals surface area contributed by atoms with Crippen molar-refractivity contribution >= 4 is 22.7 Å². The summed E-state index contributed by atoms with van der Waals surface area (Å²) in [5.74, 6) is 0.243. The SMILES string of the molecule is CC(C)n1cc(C(=O)O)c2ccc(Oc3cc(N)ncn3)cc21. The van der Waals surface area contributed by atoms with Crippen LogP contribution in [0.5, 0.6) is 11.6 Å². The molecule has 0 saturated heterocycles. The number of anilines is 1. The highest BCUT2D eigenvalue weighted by atomic mass is 16.5. The summed E-state index contributed by atoms with van der Waals surface area (Å²) in [6.45, 7) is 3.98. The van der Waals surface area contributed by atoms with Crippen LogP contribution in [0.3, 0.4) is 0 Å². The van der Waals surface area contributed by atoms with Crippen LogP contribution in [0.4, 0.5) is 5.82 Å². The van der Waals surface area contributed by atoms with E-state index in [2.05, 4.69) is 9.97 Å². The van der Waals surface area contributed by atoms with Crippen LogP contribution in [0.1, 0.15) is 30.2 Å². The summed E-state index contributed by atoms with van der Waals surface area (Å²) in [7, 11) is 0. The molecule has 118 valence electrons. The van der Waals surface area contributed by atoms with Gasteiger partial charge in [-0.25, -0.2) is 14.8 Å². The van der Waals surface area contributed by atoms with Crippen LogP contribution in [0, 0.1) is 0 Å². The van der Waals surface area contributed by atoms with Gasteiger partial charge in [0.2, 0.25) is 5.88 Å². The first-order valence-electron chi connectivity index (χ1n) is 7.09. The van der Waals surface area contributed by atoms with E-state index in [1.54, 1.807) is 24.4 Å². The van der Waals surface area contributed by atoms with E-state index >= 15 is 0 Å². The van der Waals surface area contributed by atoms with Gasteiger partial charge < -0.3 is 20.1 Å². The van der Waals surface area contributed by atoms with E-state index in [4.69, 9.17) is 10.5 Å². The van der Waals surface area contributed by atoms with Crippen LogP contribution in [-0.4, -0.2) is 25.6 Å². The zero-order valence-corrected chi connectivity index (χ0v) is 12.7. The van der Waals surface area contributed by atoms with Crippen molar-refractivity contribution in [2.24, 2.45) is 0 Å². The van der Waals surface area contributed by atoms with Gasteiger partial charge in [-0.15, -0.1) is 0 Å². The molecule has 0 aliphatic carbocycles. The van der Waals surface area contributed by atoms with Crippen LogP contribution >= 0.6 is 0 Å². The molecule has 7 nitrogen and oxygen atoms in total. The number of carboxylic acids is 1. The fourth-order valence-electron chi connectivity index (χ4n) is 2.42. The molecule has 0 unspecified atom stereocenters. The predicted molar refractivity (Wildman–Crippen MR) is 85.8 cm³/mol. The molecular weight excluding hydrogens is 296 g/mol. The number of rotatable bonds is 4. The highest BCUT2D eigenvalue weighted by Gasteiger charge is 2.16. The van der Waals surface area contributed by atoms with Crippen molar-refractivity contribution in [3.8, 4) is 11.6 Å². The van der Waals surface area contributed by atoms with Gasteiger partial charge in [0.15, 0.2) is 0 Å². The van der Waals surface area contributed by atoms with E-state index in [0.717, 1.165) is 5.52 Å². The molecule has 0 aliphatic heterocycles. The molecule has 0 saturated carbocycles. The molecule has 3 N–H and O–H groups in total. The number of hydrogen-bond donors (Lipinski definition) is 2. The van der Waals surface area contributed by atoms with Crippen LogP contribution in [0.25, 0.3) is 10.9 Å². The maximum atomic E-state index is 11.4. The van der Waals surface area contributed by atoms with Crippen molar-refractivity contribution < 1.29 is 14.6 Å². The topological polar surface area (TPSA) is 103 Å². The van der Waals surface area contributed by atoms with Crippen molar-refractivity contribution in [2.75, 3.05) is 5.73 Å². The number of hydrogen-bond acceptors (Lipinski definition) is 5. The number of fused-ring (bicyclic) bond motifs is 1. The number of aromatic carboxylic acids is 1. The molecule has 1 aromatic carbocycles. The molecule has 0 spiro atoms. The second kappa shape index (κ2) is 5.60. The number of aromatic nitrogens is 3. The molecule has 0 bridgehead atoms. The predicted octanol–water partition coefficient (Wildman–Crippen LogP) is 3.08. The maximum Gasteiger partial charge on any atom is 0.337 e. The molecule has 7 heteroatoms. The molecule has 0 aliphatic rings. The van der Waals surface area contributed by atoms with E-state index < -0.39 is 5.97 Å². The van der Waals surface area contributed by atoms with Crippen LogP contribution in [0.15, 0.2) is 36.8 Å². The summed E-state index contributed by atoms with van der Waals surface area (Å²) in [6, 6.07) is 6.87. The number of nitrogens with zero attached hydrogens (tertiary/aromatic N) is 3. The van der Waals surface area contributed by atoms with Crippen LogP contribution in [0.2, 0.25) is 0 Å². The average Bonchev–Trinajstić information content (AvgIpc) is 2.86. The molecule has 0 amide bonds. The molecule has 2 aromatic heterocycles. The van der Waals surface area contributed by atoms with E-state index in [0.29, 0.717) is 22.8 Å². The first-order valence-corrected chi connectivity index (χ1v) is 7.09. The van der Waals surface area contributed by atoms with Gasteiger partial charge in [-0.2, -0.15) is 0 Å². The Morgan fingerprint density at radius 3 is 2.74 bits per heavy atom. The van der Waals surface area contributed by atoms with Crippen molar-refractivity contribution in [3.05, 3.63) is 42.4 Å². The van der Waals surface area contributed by atoms with Gasteiger partial charge in [-0.1, -0.05) is 0 Å². The molecular formula is C16H16N4O3. The number of ether oxygens (including phenoxy) is 1. The van der Waals surface area contributed by atoms with E-state index in [1.165, 1.54) is 12.4 Å². The van der Waals surface area contributed by atoms with Gasteiger partial charge >= 0.3 is 5.97 Å². The lowest BCUT2D eigenvalue weighted by molar-refractivity contribution is 0.0698. The van der Waals surface area contributed by atoms with Gasteiger partial charge in [0.25, 0.3) is 0 Å². The number of nitrogen functional groups attached to an aromatic ring is 1. The number of benzene rings is 1. The minimum Gasteiger partial charge on any atom is -0.478 e. The van der Waals surface area contributed by atoms with Crippen molar-refractivity contribution in [2.45, 2.75) is 19.9 Å². The van der Waals surface area contributed by atoms with Gasteiger partial charge in [0, 0.05) is 29.8 Å². The second-order valence-electron chi connectivity index (χ2n) is 5.41. The standard InChI is InChI=1S/C16H16N4O3/c1-9(2)20-7-12(16(21)22)11-4-3-10(5-13(11)20)23-15-6-14(17)18-8-19-15/h3-9H,1-2H3,(H,21,22)(H2,17,18,19). The molecule has 2 heterocycles. The molecule has 3 rings (SSSR count). The van der Waals surface area contributed by atoms with Gasteiger partial charge in [-0.05, 0) is 26.0 Å². The Morgan fingerprint density at radius 1 is 1.30 bits per heavy atom.